The number of pyridine rings is 1. The van der Waals surface area contributed by atoms with Crippen LogP contribution < -0.4 is 10.9 Å². The van der Waals surface area contributed by atoms with Crippen molar-refractivity contribution in [3.05, 3.63) is 43.7 Å². The van der Waals surface area contributed by atoms with Crippen LogP contribution in [0.4, 0.5) is 14.5 Å². The Labute approximate surface area is 144 Å². The molecule has 0 aliphatic rings. The zero-order valence-corrected chi connectivity index (χ0v) is 14.6. The molecule has 2 aromatic rings. The lowest BCUT2D eigenvalue weighted by Crippen LogP contribution is -2.24. The van der Waals surface area contributed by atoms with Crippen LogP contribution in [0.1, 0.15) is 9.67 Å². The lowest BCUT2D eigenvalue weighted by atomic mass is 10.3. The summed E-state index contributed by atoms with van der Waals surface area (Å²) >= 11 is 6.54. The van der Waals surface area contributed by atoms with Gasteiger partial charge in [-0.3, -0.25) is 9.59 Å². The molecule has 2 aromatic heterocycles. The second-order valence-electron chi connectivity index (χ2n) is 4.74. The Morgan fingerprint density at radius 3 is 2.62 bits per heavy atom. The standard InChI is InChI=1S/C13H11ClF2N2O4S2/c1-24(21,22)10-5-9(23-11(10)14)12(19)17-7-4-8(16)13(20)18(6-7)3-2-15/h4-6H,2-3H2,1H3,(H,17,19). The van der Waals surface area contributed by atoms with Gasteiger partial charge in [0, 0.05) is 18.5 Å². The van der Waals surface area contributed by atoms with Gasteiger partial charge in [-0.2, -0.15) is 0 Å². The van der Waals surface area contributed by atoms with Crippen molar-refractivity contribution >= 4 is 44.4 Å². The number of amides is 1. The second kappa shape index (κ2) is 6.99. The van der Waals surface area contributed by atoms with Gasteiger partial charge in [0.25, 0.3) is 11.5 Å². The predicted octanol–water partition coefficient (Wildman–Crippen LogP) is 2.33. The monoisotopic (exact) mass is 396 g/mol. The van der Waals surface area contributed by atoms with Gasteiger partial charge in [0.05, 0.1) is 22.0 Å². The van der Waals surface area contributed by atoms with Crippen molar-refractivity contribution in [2.24, 2.45) is 0 Å². The maximum Gasteiger partial charge on any atom is 0.286 e. The molecule has 2 rings (SSSR count). The summed E-state index contributed by atoms with van der Waals surface area (Å²) in [6.45, 7) is -1.24. The fourth-order valence-corrected chi connectivity index (χ4v) is 4.51. The molecule has 0 unspecified atom stereocenters. The van der Waals surface area contributed by atoms with E-state index < -0.39 is 33.8 Å². The molecule has 0 saturated heterocycles. The Balaban J connectivity index is 2.32. The maximum atomic E-state index is 13.5. The van der Waals surface area contributed by atoms with E-state index in [1.54, 1.807) is 0 Å². The van der Waals surface area contributed by atoms with Gasteiger partial charge in [0.2, 0.25) is 0 Å². The molecular formula is C13H11ClF2N2O4S2. The number of rotatable bonds is 5. The van der Waals surface area contributed by atoms with Gasteiger partial charge in [0.1, 0.15) is 11.0 Å². The number of nitrogens with one attached hydrogen (secondary N) is 1. The number of alkyl halides is 1. The third-order valence-corrected chi connectivity index (χ3v) is 5.62. The van der Waals surface area contributed by atoms with Crippen molar-refractivity contribution in [1.82, 2.24) is 4.57 Å². The Hall–Kier alpha value is -1.78. The van der Waals surface area contributed by atoms with Gasteiger partial charge in [0.15, 0.2) is 15.7 Å². The van der Waals surface area contributed by atoms with Gasteiger partial charge in [-0.1, -0.05) is 11.6 Å². The number of carbonyl (C=O) groups is 1. The van der Waals surface area contributed by atoms with E-state index in [1.165, 1.54) is 0 Å². The Bertz CT molecular complexity index is 953. The van der Waals surface area contributed by atoms with Crippen LogP contribution in [0.25, 0.3) is 0 Å². The minimum absolute atomic E-state index is 0.0101. The first-order valence-electron chi connectivity index (χ1n) is 6.40. The van der Waals surface area contributed by atoms with Crippen molar-refractivity contribution in [2.75, 3.05) is 18.2 Å². The molecule has 6 nitrogen and oxygen atoms in total. The average molecular weight is 397 g/mol. The van der Waals surface area contributed by atoms with Crippen LogP contribution in [0.2, 0.25) is 4.34 Å². The Morgan fingerprint density at radius 1 is 1.42 bits per heavy atom. The summed E-state index contributed by atoms with van der Waals surface area (Å²) < 4.78 is 49.6. The van der Waals surface area contributed by atoms with Crippen LogP contribution in [-0.2, 0) is 16.4 Å². The fourth-order valence-electron chi connectivity index (χ4n) is 1.83. The number of hydrogen-bond donors (Lipinski definition) is 1. The Morgan fingerprint density at radius 2 is 2.08 bits per heavy atom. The SMILES string of the molecule is CS(=O)(=O)c1cc(C(=O)Nc2cc(F)c(=O)n(CCF)c2)sc1Cl. The quantitative estimate of drug-likeness (QED) is 0.840. The van der Waals surface area contributed by atoms with E-state index in [0.717, 1.165) is 40.5 Å². The second-order valence-corrected chi connectivity index (χ2v) is 8.38. The topological polar surface area (TPSA) is 85.2 Å². The Kier molecular flexibility index (Phi) is 5.41. The number of aromatic nitrogens is 1. The number of sulfone groups is 1. The minimum atomic E-state index is -3.59. The molecule has 0 spiro atoms. The van der Waals surface area contributed by atoms with Crippen LogP contribution >= 0.6 is 22.9 Å². The molecule has 1 amide bonds. The van der Waals surface area contributed by atoms with E-state index in [2.05, 4.69) is 5.32 Å². The van der Waals surface area contributed by atoms with Crippen LogP contribution in [0, 0.1) is 5.82 Å². The summed E-state index contributed by atoms with van der Waals surface area (Å²) in [4.78, 5) is 23.4. The van der Waals surface area contributed by atoms with Crippen molar-refractivity contribution < 1.29 is 22.0 Å². The molecule has 11 heteroatoms. The first kappa shape index (κ1) is 18.6. The summed E-state index contributed by atoms with van der Waals surface area (Å²) in [6, 6.07) is 1.90. The maximum absolute atomic E-state index is 13.5. The highest BCUT2D eigenvalue weighted by Gasteiger charge is 2.20. The van der Waals surface area contributed by atoms with Gasteiger partial charge < -0.3 is 9.88 Å². The van der Waals surface area contributed by atoms with Crippen molar-refractivity contribution in [1.29, 1.82) is 0 Å². The van der Waals surface area contributed by atoms with E-state index in [1.807, 2.05) is 0 Å². The molecule has 0 atom stereocenters. The van der Waals surface area contributed by atoms with Crippen LogP contribution in [0.15, 0.2) is 28.0 Å². The van der Waals surface area contributed by atoms with Crippen LogP contribution in [-0.4, -0.2) is 31.8 Å². The summed E-state index contributed by atoms with van der Waals surface area (Å²) in [5.41, 5.74) is -1.08. The lowest BCUT2D eigenvalue weighted by Gasteiger charge is -2.08. The molecule has 0 radical (unpaired) electrons. The number of anilines is 1. The highest BCUT2D eigenvalue weighted by atomic mass is 35.5. The highest BCUT2D eigenvalue weighted by molar-refractivity contribution is 7.91. The van der Waals surface area contributed by atoms with Crippen LogP contribution in [0.5, 0.6) is 0 Å². The zero-order valence-electron chi connectivity index (χ0n) is 12.2. The largest absolute Gasteiger partial charge is 0.320 e. The van der Waals surface area contributed by atoms with E-state index in [-0.39, 0.29) is 26.3 Å². The molecule has 24 heavy (non-hydrogen) atoms. The number of hydrogen-bond acceptors (Lipinski definition) is 5. The summed E-state index contributed by atoms with van der Waals surface area (Å²) in [5, 5.41) is 2.31. The predicted molar refractivity (Wildman–Crippen MR) is 87.0 cm³/mol. The molecule has 0 aliphatic carbocycles. The molecule has 0 bridgehead atoms. The molecule has 0 aromatic carbocycles. The molecular weight excluding hydrogens is 386 g/mol. The van der Waals surface area contributed by atoms with E-state index in [9.17, 15) is 26.8 Å². The van der Waals surface area contributed by atoms with Crippen molar-refractivity contribution in [2.45, 2.75) is 11.4 Å². The third-order valence-electron chi connectivity index (χ3n) is 2.90. The molecule has 1 N–H and O–H groups in total. The molecule has 130 valence electrons. The highest BCUT2D eigenvalue weighted by Crippen LogP contribution is 2.31. The summed E-state index contributed by atoms with van der Waals surface area (Å²) in [5.74, 6) is -1.89. The minimum Gasteiger partial charge on any atom is -0.320 e. The summed E-state index contributed by atoms with van der Waals surface area (Å²) in [6.07, 6.45) is 2.04. The number of aryl methyl sites for hydroxylation is 1. The van der Waals surface area contributed by atoms with E-state index in [4.69, 9.17) is 11.6 Å². The first-order valence-corrected chi connectivity index (χ1v) is 9.48. The zero-order chi connectivity index (χ0) is 18.1. The number of nitrogens with zero attached hydrogens (tertiary/aromatic N) is 1. The van der Waals surface area contributed by atoms with Crippen molar-refractivity contribution in [3.63, 3.8) is 0 Å². The number of halogens is 3. The van der Waals surface area contributed by atoms with E-state index in [0.29, 0.717) is 0 Å². The molecule has 2 heterocycles. The van der Waals surface area contributed by atoms with Crippen molar-refractivity contribution in [3.8, 4) is 0 Å². The average Bonchev–Trinajstić information content (AvgIpc) is 2.86. The van der Waals surface area contributed by atoms with Gasteiger partial charge in [-0.05, 0) is 6.07 Å². The lowest BCUT2D eigenvalue weighted by molar-refractivity contribution is 0.103. The van der Waals surface area contributed by atoms with Gasteiger partial charge in [-0.25, -0.2) is 17.2 Å². The number of thiophene rings is 1. The third kappa shape index (κ3) is 4.00. The fraction of sp³-hybridized carbons (Fsp3) is 0.231. The van der Waals surface area contributed by atoms with Gasteiger partial charge >= 0.3 is 0 Å². The first-order chi connectivity index (χ1) is 11.1. The smallest absolute Gasteiger partial charge is 0.286 e. The number of carbonyl (C=O) groups excluding carboxylic acids is 1. The summed E-state index contributed by atoms with van der Waals surface area (Å²) in [7, 11) is -3.59. The molecule has 0 saturated carbocycles. The normalized spacial score (nSPS) is 11.5. The van der Waals surface area contributed by atoms with Crippen LogP contribution in [0.3, 0.4) is 0 Å². The molecule has 0 fully saturated rings. The molecule has 0 aliphatic heterocycles. The van der Waals surface area contributed by atoms with E-state index >= 15 is 0 Å². The van der Waals surface area contributed by atoms with Gasteiger partial charge in [-0.15, -0.1) is 11.3 Å².